The molecule has 0 aromatic rings. The van der Waals surface area contributed by atoms with E-state index in [1.807, 2.05) is 20.8 Å². The van der Waals surface area contributed by atoms with Crippen LogP contribution in [0.2, 0.25) is 0 Å². The van der Waals surface area contributed by atoms with Gasteiger partial charge in [-0.05, 0) is 33.2 Å². The molecule has 2 N–H and O–H groups in total. The van der Waals surface area contributed by atoms with Gasteiger partial charge in [0.25, 0.3) is 0 Å². The molecular formula is C11H24N2O. The Morgan fingerprint density at radius 2 is 1.79 bits per heavy atom. The standard InChI is InChI=1S/C11H24N2O/c1-6-9(4)7-12-10(5)11(14)13-8(2)3/h8-10,12H,6-7H2,1-5H3,(H,13,14). The highest BCUT2D eigenvalue weighted by atomic mass is 16.2. The van der Waals surface area contributed by atoms with E-state index in [2.05, 4.69) is 24.5 Å². The lowest BCUT2D eigenvalue weighted by Crippen LogP contribution is -2.45. The second kappa shape index (κ2) is 6.82. The molecule has 0 bridgehead atoms. The maximum atomic E-state index is 11.5. The molecular weight excluding hydrogens is 176 g/mol. The van der Waals surface area contributed by atoms with Crippen molar-refractivity contribution in [3.8, 4) is 0 Å². The molecule has 0 heterocycles. The third kappa shape index (κ3) is 5.97. The summed E-state index contributed by atoms with van der Waals surface area (Å²) in [6.45, 7) is 11.1. The van der Waals surface area contributed by atoms with Gasteiger partial charge in [-0.3, -0.25) is 4.79 Å². The average Bonchev–Trinajstić information content (AvgIpc) is 2.12. The van der Waals surface area contributed by atoms with Gasteiger partial charge in [0, 0.05) is 6.04 Å². The minimum Gasteiger partial charge on any atom is -0.353 e. The van der Waals surface area contributed by atoms with Gasteiger partial charge in [0.05, 0.1) is 6.04 Å². The van der Waals surface area contributed by atoms with Crippen molar-refractivity contribution in [2.45, 2.75) is 53.1 Å². The van der Waals surface area contributed by atoms with Crippen molar-refractivity contribution in [2.75, 3.05) is 6.54 Å². The molecule has 1 amide bonds. The fourth-order valence-corrected chi connectivity index (χ4v) is 1.02. The first-order valence-corrected chi connectivity index (χ1v) is 5.51. The highest BCUT2D eigenvalue weighted by molar-refractivity contribution is 5.81. The van der Waals surface area contributed by atoms with Crippen LogP contribution in [0.3, 0.4) is 0 Å². The minimum absolute atomic E-state index is 0.0864. The molecule has 2 atom stereocenters. The first-order chi connectivity index (χ1) is 6.47. The molecule has 0 fully saturated rings. The molecule has 3 heteroatoms. The van der Waals surface area contributed by atoms with Crippen molar-refractivity contribution < 1.29 is 4.79 Å². The van der Waals surface area contributed by atoms with Gasteiger partial charge in [0.2, 0.25) is 5.91 Å². The maximum Gasteiger partial charge on any atom is 0.237 e. The van der Waals surface area contributed by atoms with Crippen LogP contribution >= 0.6 is 0 Å². The summed E-state index contributed by atoms with van der Waals surface area (Å²) in [5.74, 6) is 0.715. The molecule has 0 aromatic heterocycles. The monoisotopic (exact) mass is 200 g/mol. The topological polar surface area (TPSA) is 41.1 Å². The van der Waals surface area contributed by atoms with Gasteiger partial charge in [-0.2, -0.15) is 0 Å². The van der Waals surface area contributed by atoms with Crippen LogP contribution in [0.1, 0.15) is 41.0 Å². The zero-order chi connectivity index (χ0) is 11.1. The summed E-state index contributed by atoms with van der Waals surface area (Å²) in [7, 11) is 0. The zero-order valence-corrected chi connectivity index (χ0v) is 10.1. The highest BCUT2D eigenvalue weighted by Crippen LogP contribution is 1.98. The third-order valence-corrected chi connectivity index (χ3v) is 2.29. The van der Waals surface area contributed by atoms with E-state index in [0.29, 0.717) is 5.92 Å². The number of hydrogen-bond acceptors (Lipinski definition) is 2. The predicted octanol–water partition coefficient (Wildman–Crippen LogP) is 1.54. The van der Waals surface area contributed by atoms with Crippen LogP contribution in [0.25, 0.3) is 0 Å². The van der Waals surface area contributed by atoms with Crippen molar-refractivity contribution in [3.63, 3.8) is 0 Å². The Kier molecular flexibility index (Phi) is 6.54. The van der Waals surface area contributed by atoms with E-state index in [9.17, 15) is 4.79 Å². The molecule has 0 radical (unpaired) electrons. The number of hydrogen-bond donors (Lipinski definition) is 2. The van der Waals surface area contributed by atoms with Crippen LogP contribution < -0.4 is 10.6 Å². The van der Waals surface area contributed by atoms with E-state index < -0.39 is 0 Å². The Morgan fingerprint density at radius 3 is 2.21 bits per heavy atom. The number of carbonyl (C=O) groups is 1. The van der Waals surface area contributed by atoms with Crippen LogP contribution in [0.5, 0.6) is 0 Å². The number of rotatable bonds is 6. The van der Waals surface area contributed by atoms with Crippen LogP contribution in [-0.4, -0.2) is 24.5 Å². The van der Waals surface area contributed by atoms with E-state index in [1.165, 1.54) is 0 Å². The Morgan fingerprint density at radius 1 is 1.21 bits per heavy atom. The molecule has 0 rings (SSSR count). The fourth-order valence-electron chi connectivity index (χ4n) is 1.02. The molecule has 14 heavy (non-hydrogen) atoms. The maximum absolute atomic E-state index is 11.5. The lowest BCUT2D eigenvalue weighted by atomic mass is 10.1. The molecule has 0 spiro atoms. The van der Waals surface area contributed by atoms with E-state index >= 15 is 0 Å². The fraction of sp³-hybridized carbons (Fsp3) is 0.909. The second-order valence-corrected chi connectivity index (χ2v) is 4.31. The summed E-state index contributed by atoms with van der Waals surface area (Å²) >= 11 is 0. The summed E-state index contributed by atoms with van der Waals surface area (Å²) < 4.78 is 0. The Balaban J connectivity index is 3.72. The normalized spacial score (nSPS) is 15.3. The zero-order valence-electron chi connectivity index (χ0n) is 10.1. The molecule has 0 aromatic carbocycles. The van der Waals surface area contributed by atoms with Crippen LogP contribution in [0.4, 0.5) is 0 Å². The van der Waals surface area contributed by atoms with E-state index in [0.717, 1.165) is 13.0 Å². The van der Waals surface area contributed by atoms with E-state index in [4.69, 9.17) is 0 Å². The lowest BCUT2D eigenvalue weighted by Gasteiger charge is -2.17. The lowest BCUT2D eigenvalue weighted by molar-refractivity contribution is -0.123. The van der Waals surface area contributed by atoms with Gasteiger partial charge in [0.1, 0.15) is 0 Å². The van der Waals surface area contributed by atoms with Gasteiger partial charge >= 0.3 is 0 Å². The largest absolute Gasteiger partial charge is 0.353 e. The summed E-state index contributed by atoms with van der Waals surface area (Å²) in [5.41, 5.74) is 0. The molecule has 3 nitrogen and oxygen atoms in total. The summed E-state index contributed by atoms with van der Waals surface area (Å²) in [6, 6.07) is 0.127. The van der Waals surface area contributed by atoms with Crippen molar-refractivity contribution in [3.05, 3.63) is 0 Å². The molecule has 0 aliphatic carbocycles. The van der Waals surface area contributed by atoms with Crippen molar-refractivity contribution in [1.82, 2.24) is 10.6 Å². The summed E-state index contributed by atoms with van der Waals surface area (Å²) in [4.78, 5) is 11.5. The smallest absolute Gasteiger partial charge is 0.237 e. The van der Waals surface area contributed by atoms with E-state index in [-0.39, 0.29) is 18.0 Å². The molecule has 0 aliphatic rings. The summed E-state index contributed by atoms with van der Waals surface area (Å²) in [6.07, 6.45) is 1.14. The molecule has 2 unspecified atom stereocenters. The van der Waals surface area contributed by atoms with Gasteiger partial charge in [-0.25, -0.2) is 0 Å². The van der Waals surface area contributed by atoms with Crippen LogP contribution in [0, 0.1) is 5.92 Å². The SMILES string of the molecule is CCC(C)CNC(C)C(=O)NC(C)C. The van der Waals surface area contributed by atoms with Gasteiger partial charge in [-0.15, -0.1) is 0 Å². The number of carbonyl (C=O) groups excluding carboxylic acids is 1. The van der Waals surface area contributed by atoms with Crippen LogP contribution in [-0.2, 0) is 4.79 Å². The first kappa shape index (κ1) is 13.4. The summed E-state index contributed by atoms with van der Waals surface area (Å²) in [5, 5.41) is 6.11. The van der Waals surface area contributed by atoms with Gasteiger partial charge in [0.15, 0.2) is 0 Å². The quantitative estimate of drug-likeness (QED) is 0.683. The molecule has 0 aliphatic heterocycles. The van der Waals surface area contributed by atoms with Crippen molar-refractivity contribution in [1.29, 1.82) is 0 Å². The third-order valence-electron chi connectivity index (χ3n) is 2.29. The molecule has 84 valence electrons. The predicted molar refractivity (Wildman–Crippen MR) is 60.2 cm³/mol. The Bertz CT molecular complexity index is 169. The molecule has 0 saturated carbocycles. The van der Waals surface area contributed by atoms with Crippen molar-refractivity contribution in [2.24, 2.45) is 5.92 Å². The Hall–Kier alpha value is -0.570. The number of nitrogens with one attached hydrogen (secondary N) is 2. The van der Waals surface area contributed by atoms with Crippen molar-refractivity contribution >= 4 is 5.91 Å². The minimum atomic E-state index is -0.0913. The van der Waals surface area contributed by atoms with Gasteiger partial charge < -0.3 is 10.6 Å². The van der Waals surface area contributed by atoms with Crippen LogP contribution in [0.15, 0.2) is 0 Å². The first-order valence-electron chi connectivity index (χ1n) is 5.51. The number of amides is 1. The second-order valence-electron chi connectivity index (χ2n) is 4.31. The molecule has 0 saturated heterocycles. The van der Waals surface area contributed by atoms with E-state index in [1.54, 1.807) is 0 Å². The average molecular weight is 200 g/mol. The Labute approximate surface area is 87.6 Å². The highest BCUT2D eigenvalue weighted by Gasteiger charge is 2.13. The van der Waals surface area contributed by atoms with Gasteiger partial charge in [-0.1, -0.05) is 20.3 Å².